The van der Waals surface area contributed by atoms with Crippen molar-refractivity contribution < 1.29 is 4.74 Å². The second kappa shape index (κ2) is 6.33. The Morgan fingerprint density at radius 1 is 1.56 bits per heavy atom. The Balaban J connectivity index is 2.87. The Hall–Kier alpha value is -1.29. The molecule has 16 heavy (non-hydrogen) atoms. The third kappa shape index (κ3) is 3.10. The highest BCUT2D eigenvalue weighted by atomic mass is 16.5. The molecular weight excluding hydrogens is 202 g/mol. The van der Waals surface area contributed by atoms with E-state index in [0.29, 0.717) is 12.6 Å². The largest absolute Gasteiger partial charge is 0.396 e. The minimum absolute atomic E-state index is 0.410. The van der Waals surface area contributed by atoms with Crippen LogP contribution in [0.15, 0.2) is 18.3 Å². The molecule has 4 heteroatoms. The summed E-state index contributed by atoms with van der Waals surface area (Å²) in [5.41, 5.74) is 6.66. The van der Waals surface area contributed by atoms with Gasteiger partial charge >= 0.3 is 0 Å². The van der Waals surface area contributed by atoms with E-state index in [0.717, 1.165) is 24.5 Å². The van der Waals surface area contributed by atoms with Gasteiger partial charge in [-0.25, -0.2) is 4.98 Å². The minimum Gasteiger partial charge on any atom is -0.396 e. The molecule has 0 saturated carbocycles. The van der Waals surface area contributed by atoms with Gasteiger partial charge in [-0.3, -0.25) is 0 Å². The molecule has 1 rings (SSSR count). The van der Waals surface area contributed by atoms with Crippen LogP contribution in [0.25, 0.3) is 0 Å². The van der Waals surface area contributed by atoms with Gasteiger partial charge in [0.25, 0.3) is 0 Å². The van der Waals surface area contributed by atoms with Gasteiger partial charge < -0.3 is 15.4 Å². The van der Waals surface area contributed by atoms with E-state index in [4.69, 9.17) is 10.5 Å². The van der Waals surface area contributed by atoms with Crippen molar-refractivity contribution in [1.29, 1.82) is 0 Å². The minimum atomic E-state index is 0.410. The number of hydrogen-bond donors (Lipinski definition) is 1. The maximum Gasteiger partial charge on any atom is 0.152 e. The van der Waals surface area contributed by atoms with Gasteiger partial charge in [0.1, 0.15) is 0 Å². The number of anilines is 2. The fourth-order valence-corrected chi connectivity index (χ4v) is 1.59. The summed E-state index contributed by atoms with van der Waals surface area (Å²) in [7, 11) is 1.70. The molecule has 1 atom stereocenters. The van der Waals surface area contributed by atoms with Crippen molar-refractivity contribution in [2.24, 2.45) is 0 Å². The lowest BCUT2D eigenvalue weighted by Gasteiger charge is -2.30. The second-order valence-electron chi connectivity index (χ2n) is 3.86. The predicted molar refractivity (Wildman–Crippen MR) is 67.6 cm³/mol. The maximum atomic E-state index is 5.94. The van der Waals surface area contributed by atoms with Crippen LogP contribution in [0.2, 0.25) is 0 Å². The number of methoxy groups -OCH3 is 1. The lowest BCUT2D eigenvalue weighted by molar-refractivity contribution is 0.203. The highest BCUT2D eigenvalue weighted by molar-refractivity contribution is 5.62. The number of nitrogens with zero attached hydrogens (tertiary/aromatic N) is 2. The first kappa shape index (κ1) is 12.8. The molecule has 0 bridgehead atoms. The standard InChI is InChI=1S/C12H21N3O/c1-4-10(2)15(8-9-16-3)12-11(13)6-5-7-14-12/h5-7,10H,4,8-9,13H2,1-3H3. The van der Waals surface area contributed by atoms with E-state index in [1.54, 1.807) is 13.3 Å². The SMILES string of the molecule is CCC(C)N(CCOC)c1ncccc1N. The van der Waals surface area contributed by atoms with Crippen molar-refractivity contribution in [1.82, 2.24) is 4.98 Å². The zero-order chi connectivity index (χ0) is 12.0. The van der Waals surface area contributed by atoms with Gasteiger partial charge in [-0.1, -0.05) is 6.92 Å². The summed E-state index contributed by atoms with van der Waals surface area (Å²) in [6.07, 6.45) is 2.83. The van der Waals surface area contributed by atoms with Crippen LogP contribution < -0.4 is 10.6 Å². The van der Waals surface area contributed by atoms with Crippen molar-refractivity contribution in [2.75, 3.05) is 30.9 Å². The Labute approximate surface area is 97.4 Å². The molecule has 4 nitrogen and oxygen atoms in total. The molecule has 1 unspecified atom stereocenters. The summed E-state index contributed by atoms with van der Waals surface area (Å²) in [6.45, 7) is 5.82. The van der Waals surface area contributed by atoms with E-state index < -0.39 is 0 Å². The topological polar surface area (TPSA) is 51.4 Å². The number of pyridine rings is 1. The van der Waals surface area contributed by atoms with Crippen molar-refractivity contribution in [2.45, 2.75) is 26.3 Å². The van der Waals surface area contributed by atoms with Crippen LogP contribution >= 0.6 is 0 Å². The number of nitrogens with two attached hydrogens (primary N) is 1. The Morgan fingerprint density at radius 2 is 2.31 bits per heavy atom. The number of aromatic nitrogens is 1. The van der Waals surface area contributed by atoms with Crippen molar-refractivity contribution in [3.8, 4) is 0 Å². The average Bonchev–Trinajstić information content (AvgIpc) is 2.31. The molecular formula is C12H21N3O. The molecule has 1 heterocycles. The van der Waals surface area contributed by atoms with E-state index in [9.17, 15) is 0 Å². The molecule has 0 amide bonds. The lowest BCUT2D eigenvalue weighted by atomic mass is 10.2. The molecule has 0 fully saturated rings. The average molecular weight is 223 g/mol. The number of ether oxygens (including phenoxy) is 1. The first-order chi connectivity index (χ1) is 7.70. The number of hydrogen-bond acceptors (Lipinski definition) is 4. The highest BCUT2D eigenvalue weighted by Crippen LogP contribution is 2.22. The number of nitrogen functional groups attached to an aromatic ring is 1. The third-order valence-electron chi connectivity index (χ3n) is 2.75. The summed E-state index contributed by atoms with van der Waals surface area (Å²) < 4.78 is 5.12. The van der Waals surface area contributed by atoms with Crippen LogP contribution in [0.4, 0.5) is 11.5 Å². The van der Waals surface area contributed by atoms with Crippen LogP contribution in [0, 0.1) is 0 Å². The fraction of sp³-hybridized carbons (Fsp3) is 0.583. The molecule has 0 spiro atoms. The van der Waals surface area contributed by atoms with Gasteiger partial charge in [0, 0.05) is 25.9 Å². The monoisotopic (exact) mass is 223 g/mol. The summed E-state index contributed by atoms with van der Waals surface area (Å²) in [4.78, 5) is 6.54. The van der Waals surface area contributed by atoms with Gasteiger partial charge in [0.05, 0.1) is 12.3 Å². The zero-order valence-electron chi connectivity index (χ0n) is 10.3. The Morgan fingerprint density at radius 3 is 2.88 bits per heavy atom. The Bertz CT molecular complexity index is 317. The lowest BCUT2D eigenvalue weighted by Crippen LogP contribution is -2.36. The quantitative estimate of drug-likeness (QED) is 0.800. The molecule has 0 aliphatic heterocycles. The molecule has 0 aromatic carbocycles. The second-order valence-corrected chi connectivity index (χ2v) is 3.86. The van der Waals surface area contributed by atoms with Crippen LogP contribution in [-0.4, -0.2) is 31.3 Å². The van der Waals surface area contributed by atoms with Crippen LogP contribution in [0.3, 0.4) is 0 Å². The first-order valence-electron chi connectivity index (χ1n) is 5.66. The molecule has 0 saturated heterocycles. The van der Waals surface area contributed by atoms with Gasteiger partial charge in [-0.15, -0.1) is 0 Å². The summed E-state index contributed by atoms with van der Waals surface area (Å²) in [5.74, 6) is 0.855. The highest BCUT2D eigenvalue weighted by Gasteiger charge is 2.15. The van der Waals surface area contributed by atoms with Crippen LogP contribution in [0.1, 0.15) is 20.3 Å². The summed E-state index contributed by atoms with van der Waals surface area (Å²) in [6, 6.07) is 4.14. The van der Waals surface area contributed by atoms with Gasteiger partial charge in [0.2, 0.25) is 0 Å². The normalized spacial score (nSPS) is 12.4. The van der Waals surface area contributed by atoms with Crippen molar-refractivity contribution in [3.05, 3.63) is 18.3 Å². The maximum absolute atomic E-state index is 5.94. The predicted octanol–water partition coefficient (Wildman–Crippen LogP) is 1.92. The van der Waals surface area contributed by atoms with Crippen LogP contribution in [-0.2, 0) is 4.74 Å². The van der Waals surface area contributed by atoms with Gasteiger partial charge in [-0.2, -0.15) is 0 Å². The smallest absolute Gasteiger partial charge is 0.152 e. The molecule has 0 aliphatic carbocycles. The molecule has 0 radical (unpaired) electrons. The van der Waals surface area contributed by atoms with Crippen molar-refractivity contribution in [3.63, 3.8) is 0 Å². The van der Waals surface area contributed by atoms with E-state index in [1.165, 1.54) is 0 Å². The third-order valence-corrected chi connectivity index (χ3v) is 2.75. The van der Waals surface area contributed by atoms with Gasteiger partial charge in [-0.05, 0) is 25.5 Å². The molecule has 90 valence electrons. The zero-order valence-corrected chi connectivity index (χ0v) is 10.3. The Kier molecular flexibility index (Phi) is 5.05. The van der Waals surface area contributed by atoms with Crippen LogP contribution in [0.5, 0.6) is 0 Å². The number of rotatable bonds is 6. The first-order valence-corrected chi connectivity index (χ1v) is 5.66. The summed E-state index contributed by atoms with van der Waals surface area (Å²) in [5, 5.41) is 0. The molecule has 0 aliphatic rings. The van der Waals surface area contributed by atoms with E-state index in [2.05, 4.69) is 23.7 Å². The van der Waals surface area contributed by atoms with E-state index in [1.807, 2.05) is 12.1 Å². The van der Waals surface area contributed by atoms with Crippen molar-refractivity contribution >= 4 is 11.5 Å². The summed E-state index contributed by atoms with van der Waals surface area (Å²) >= 11 is 0. The molecule has 1 aromatic heterocycles. The van der Waals surface area contributed by atoms with E-state index >= 15 is 0 Å². The van der Waals surface area contributed by atoms with E-state index in [-0.39, 0.29) is 0 Å². The fourth-order valence-electron chi connectivity index (χ4n) is 1.59. The molecule has 1 aromatic rings. The van der Waals surface area contributed by atoms with Gasteiger partial charge in [0.15, 0.2) is 5.82 Å². The molecule has 2 N–H and O–H groups in total.